The molecule has 3 aromatic rings. The second kappa shape index (κ2) is 8.89. The monoisotopic (exact) mass is 429 g/mol. The van der Waals surface area contributed by atoms with Crippen LogP contribution < -0.4 is 10.0 Å². The molecule has 0 saturated heterocycles. The van der Waals surface area contributed by atoms with Crippen molar-refractivity contribution in [3.63, 3.8) is 0 Å². The van der Waals surface area contributed by atoms with Gasteiger partial charge < -0.3 is 10.0 Å². The van der Waals surface area contributed by atoms with E-state index in [9.17, 15) is 9.00 Å². The molecule has 0 aromatic heterocycles. The van der Waals surface area contributed by atoms with Gasteiger partial charge in [-0.05, 0) is 54.6 Å². The van der Waals surface area contributed by atoms with Gasteiger partial charge in [-0.15, -0.1) is 0 Å². The smallest absolute Gasteiger partial charge is 0.255 e. The number of halogens is 2. The summed E-state index contributed by atoms with van der Waals surface area (Å²) in [5.74, 6) is -0.348. The van der Waals surface area contributed by atoms with E-state index in [2.05, 4.69) is 10.0 Å². The molecule has 0 aliphatic carbocycles. The van der Waals surface area contributed by atoms with E-state index in [1.54, 1.807) is 60.7 Å². The van der Waals surface area contributed by atoms with E-state index in [0.717, 1.165) is 0 Å². The highest BCUT2D eigenvalue weighted by Gasteiger charge is 2.10. The number of anilines is 2. The highest BCUT2D eigenvalue weighted by atomic mass is 35.5. The molecule has 0 fully saturated rings. The van der Waals surface area contributed by atoms with Gasteiger partial charge in [0.25, 0.3) is 5.91 Å². The van der Waals surface area contributed by atoms with Crippen LogP contribution in [-0.4, -0.2) is 10.1 Å². The number of amides is 1. The fraction of sp³-hybridized carbons (Fsp3) is 0. The third-order valence-corrected chi connectivity index (χ3v) is 5.53. The van der Waals surface area contributed by atoms with Gasteiger partial charge in [-0.1, -0.05) is 35.3 Å². The van der Waals surface area contributed by atoms with Crippen molar-refractivity contribution in [1.82, 2.24) is 0 Å². The van der Waals surface area contributed by atoms with Crippen molar-refractivity contribution in [2.45, 2.75) is 4.90 Å². The maximum atomic E-state index is 12.5. The third kappa shape index (κ3) is 4.90. The summed E-state index contributed by atoms with van der Waals surface area (Å²) in [4.78, 5) is 12.9. The summed E-state index contributed by atoms with van der Waals surface area (Å²) in [6.07, 6.45) is 0. The average Bonchev–Trinajstić information content (AvgIpc) is 2.70. The Balaban J connectivity index is 1.74. The molecule has 5 nitrogen and oxygen atoms in total. The predicted molar refractivity (Wildman–Crippen MR) is 112 cm³/mol. The Morgan fingerprint density at radius 1 is 0.929 bits per heavy atom. The minimum Gasteiger partial charge on any atom is -0.322 e. The largest absolute Gasteiger partial charge is 0.322 e. The van der Waals surface area contributed by atoms with Crippen LogP contribution in [0.2, 0.25) is 10.0 Å². The van der Waals surface area contributed by atoms with Crippen molar-refractivity contribution < 1.29 is 9.00 Å². The number of nitriles is 1. The molecule has 3 rings (SSSR count). The number of carbonyl (C=O) groups is 1. The summed E-state index contributed by atoms with van der Waals surface area (Å²) in [7, 11) is -1.58. The van der Waals surface area contributed by atoms with E-state index >= 15 is 0 Å². The number of carbonyl (C=O) groups excluding carboxylic acids is 1. The fourth-order valence-electron chi connectivity index (χ4n) is 2.35. The lowest BCUT2D eigenvalue weighted by Gasteiger charge is -2.09. The van der Waals surface area contributed by atoms with E-state index in [0.29, 0.717) is 37.4 Å². The molecule has 140 valence electrons. The van der Waals surface area contributed by atoms with Gasteiger partial charge in [0.1, 0.15) is 11.0 Å². The molecule has 3 aromatic carbocycles. The van der Waals surface area contributed by atoms with Crippen LogP contribution >= 0.6 is 23.2 Å². The minimum absolute atomic E-state index is 0.307. The number of nitrogens with one attached hydrogen (secondary N) is 2. The molecule has 8 heteroatoms. The second-order valence-electron chi connectivity index (χ2n) is 5.67. The average molecular weight is 430 g/mol. The lowest BCUT2D eigenvalue weighted by atomic mass is 10.1. The molecule has 0 heterocycles. The lowest BCUT2D eigenvalue weighted by molar-refractivity contribution is 0.102. The number of nitrogens with zero attached hydrogens (tertiary/aromatic N) is 1. The van der Waals surface area contributed by atoms with Crippen LogP contribution in [0.15, 0.2) is 71.6 Å². The van der Waals surface area contributed by atoms with Crippen LogP contribution in [0, 0.1) is 11.3 Å². The zero-order valence-electron chi connectivity index (χ0n) is 14.3. The molecule has 2 N–H and O–H groups in total. The zero-order chi connectivity index (χ0) is 20.1. The molecular weight excluding hydrogens is 417 g/mol. The lowest BCUT2D eigenvalue weighted by Crippen LogP contribution is -2.12. The van der Waals surface area contributed by atoms with Crippen molar-refractivity contribution in [1.29, 1.82) is 5.26 Å². The van der Waals surface area contributed by atoms with Gasteiger partial charge in [-0.2, -0.15) is 5.26 Å². The van der Waals surface area contributed by atoms with Gasteiger partial charge in [0.15, 0.2) is 0 Å². The van der Waals surface area contributed by atoms with Crippen molar-refractivity contribution in [2.24, 2.45) is 0 Å². The van der Waals surface area contributed by atoms with Gasteiger partial charge in [0, 0.05) is 16.9 Å². The number of hydrogen-bond donors (Lipinski definition) is 2. The van der Waals surface area contributed by atoms with Gasteiger partial charge >= 0.3 is 0 Å². The van der Waals surface area contributed by atoms with Gasteiger partial charge in [0.2, 0.25) is 0 Å². The van der Waals surface area contributed by atoms with Crippen LogP contribution in [0.5, 0.6) is 0 Å². The molecule has 0 aliphatic rings. The Morgan fingerprint density at radius 3 is 2.43 bits per heavy atom. The summed E-state index contributed by atoms with van der Waals surface area (Å²) in [6, 6.07) is 19.9. The number of rotatable bonds is 5. The molecule has 1 unspecified atom stereocenters. The first kappa shape index (κ1) is 19.9. The van der Waals surface area contributed by atoms with Crippen LogP contribution in [0.3, 0.4) is 0 Å². The Morgan fingerprint density at radius 2 is 1.68 bits per heavy atom. The number of hydrogen-bond acceptors (Lipinski definition) is 3. The first-order valence-electron chi connectivity index (χ1n) is 8.01. The highest BCUT2D eigenvalue weighted by molar-refractivity contribution is 7.86. The van der Waals surface area contributed by atoms with Crippen LogP contribution in [0.1, 0.15) is 15.9 Å². The maximum Gasteiger partial charge on any atom is 0.255 e. The van der Waals surface area contributed by atoms with E-state index in [4.69, 9.17) is 28.5 Å². The van der Waals surface area contributed by atoms with E-state index in [1.165, 1.54) is 6.07 Å². The maximum absolute atomic E-state index is 12.5. The quantitative estimate of drug-likeness (QED) is 0.580. The predicted octanol–water partition coefficient (Wildman–Crippen LogP) is 5.25. The third-order valence-electron chi connectivity index (χ3n) is 3.69. The number of benzene rings is 3. The Kier molecular flexibility index (Phi) is 6.32. The minimum atomic E-state index is -1.58. The topological polar surface area (TPSA) is 82.0 Å². The molecule has 0 bridgehead atoms. The van der Waals surface area contributed by atoms with E-state index in [-0.39, 0.29) is 5.91 Å². The Bertz CT molecular complexity index is 1110. The van der Waals surface area contributed by atoms with Crippen LogP contribution in [-0.2, 0) is 11.0 Å². The summed E-state index contributed by atoms with van der Waals surface area (Å²) < 4.78 is 15.3. The molecule has 1 atom stereocenters. The molecule has 0 aliphatic heterocycles. The Labute approximate surface area is 174 Å². The summed E-state index contributed by atoms with van der Waals surface area (Å²) in [6.45, 7) is 0. The van der Waals surface area contributed by atoms with E-state index in [1.807, 2.05) is 6.07 Å². The molecule has 0 radical (unpaired) electrons. The van der Waals surface area contributed by atoms with Crippen molar-refractivity contribution >= 4 is 51.5 Å². The van der Waals surface area contributed by atoms with E-state index < -0.39 is 11.0 Å². The van der Waals surface area contributed by atoms with Gasteiger partial charge in [0.05, 0.1) is 26.6 Å². The highest BCUT2D eigenvalue weighted by Crippen LogP contribution is 2.25. The molecule has 0 spiro atoms. The van der Waals surface area contributed by atoms with Crippen LogP contribution in [0.4, 0.5) is 11.4 Å². The van der Waals surface area contributed by atoms with Crippen molar-refractivity contribution in [3.05, 3.63) is 87.9 Å². The van der Waals surface area contributed by atoms with Crippen molar-refractivity contribution in [2.75, 3.05) is 10.0 Å². The molecule has 1 amide bonds. The normalized spacial score (nSPS) is 11.3. The summed E-state index contributed by atoms with van der Waals surface area (Å²) in [5, 5.41) is 12.4. The second-order valence-corrected chi connectivity index (χ2v) is 7.70. The fourth-order valence-corrected chi connectivity index (χ4v) is 3.59. The molecule has 0 saturated carbocycles. The summed E-state index contributed by atoms with van der Waals surface area (Å²) >= 11 is 11.8. The molecule has 28 heavy (non-hydrogen) atoms. The van der Waals surface area contributed by atoms with Gasteiger partial charge in [-0.3, -0.25) is 4.79 Å². The first-order chi connectivity index (χ1) is 13.5. The SMILES string of the molecule is N#Cc1cccc(NC(=O)c2cccc(NS(=O)c3ccc(Cl)c(Cl)c3)c2)c1. The standard InChI is InChI=1S/C20H13Cl2N3O2S/c21-18-8-7-17(11-19(18)22)28(27)25-16-6-2-4-14(10-16)20(26)24-15-5-1-3-13(9-15)12-23/h1-11,25H,(H,24,26). The van der Waals surface area contributed by atoms with Crippen molar-refractivity contribution in [3.8, 4) is 6.07 Å². The summed E-state index contributed by atoms with van der Waals surface area (Å²) in [5.41, 5.74) is 1.84. The van der Waals surface area contributed by atoms with Gasteiger partial charge in [-0.25, -0.2) is 4.21 Å². The zero-order valence-corrected chi connectivity index (χ0v) is 16.6. The van der Waals surface area contributed by atoms with Crippen LogP contribution in [0.25, 0.3) is 0 Å². The Hall–Kier alpha value is -2.85. The first-order valence-corrected chi connectivity index (χ1v) is 9.92. The molecular formula is C20H13Cl2N3O2S.